The number of hydrogen-bond donors (Lipinski definition) is 2. The lowest BCUT2D eigenvalue weighted by Crippen LogP contribution is -2.50. The fourth-order valence-corrected chi connectivity index (χ4v) is 4.19. The second-order valence-electron chi connectivity index (χ2n) is 9.09. The molecule has 1 aromatic heterocycles. The molecule has 2 aromatic carbocycles. The van der Waals surface area contributed by atoms with Crippen molar-refractivity contribution >= 4 is 28.9 Å². The van der Waals surface area contributed by atoms with E-state index in [-0.39, 0.29) is 30.0 Å². The van der Waals surface area contributed by atoms with Gasteiger partial charge in [0.1, 0.15) is 0 Å². The number of imidazole rings is 1. The molecule has 37 heavy (non-hydrogen) atoms. The average molecular weight is 523 g/mol. The van der Waals surface area contributed by atoms with Crippen LogP contribution in [0.25, 0.3) is 0 Å². The Morgan fingerprint density at radius 1 is 1.16 bits per heavy atom. The Morgan fingerprint density at radius 2 is 1.86 bits per heavy atom. The molecule has 10 heteroatoms. The second-order valence-corrected chi connectivity index (χ2v) is 9.48. The largest absolute Gasteiger partial charge is 0.366 e. The van der Waals surface area contributed by atoms with Crippen LogP contribution in [-0.2, 0) is 24.3 Å². The predicted octanol–water partition coefficient (Wildman–Crippen LogP) is 3.92. The van der Waals surface area contributed by atoms with Crippen LogP contribution >= 0.6 is 12.2 Å². The minimum absolute atomic E-state index is 0.0455. The number of thiocarbonyl (C=S) groups is 1. The van der Waals surface area contributed by atoms with Gasteiger partial charge in [0, 0.05) is 56.7 Å². The number of nitro benzene ring substituents is 1. The van der Waals surface area contributed by atoms with Crippen molar-refractivity contribution in [3.63, 3.8) is 0 Å². The van der Waals surface area contributed by atoms with Gasteiger partial charge >= 0.3 is 0 Å². The van der Waals surface area contributed by atoms with Gasteiger partial charge in [-0.2, -0.15) is 0 Å². The normalized spacial score (nSPS) is 12.4. The zero-order valence-corrected chi connectivity index (χ0v) is 22.3. The Bertz CT molecular complexity index is 1180. The SMILES string of the molecule is CC[C@H](C)[C@@H](CN(Cc1ccccc1)C(=S)NC)NC(=O)Cc1cncn1Cc1ccc([N+](=O)[O-])cc1. The molecule has 3 rings (SSSR count). The molecule has 1 heterocycles. The molecule has 0 spiro atoms. The molecule has 1 amide bonds. The Morgan fingerprint density at radius 3 is 2.49 bits per heavy atom. The van der Waals surface area contributed by atoms with Crippen LogP contribution in [0.15, 0.2) is 67.1 Å². The van der Waals surface area contributed by atoms with Crippen LogP contribution in [0.3, 0.4) is 0 Å². The lowest BCUT2D eigenvalue weighted by atomic mass is 9.98. The van der Waals surface area contributed by atoms with Crippen LogP contribution in [0.1, 0.15) is 37.1 Å². The number of non-ortho nitro benzene ring substituents is 1. The van der Waals surface area contributed by atoms with Gasteiger partial charge in [-0.1, -0.05) is 62.7 Å². The van der Waals surface area contributed by atoms with Crippen LogP contribution in [0.5, 0.6) is 0 Å². The summed E-state index contributed by atoms with van der Waals surface area (Å²) in [4.78, 5) is 29.9. The topological polar surface area (TPSA) is 105 Å². The zero-order valence-electron chi connectivity index (χ0n) is 21.5. The molecule has 0 aliphatic carbocycles. The highest BCUT2D eigenvalue weighted by Crippen LogP contribution is 2.15. The summed E-state index contributed by atoms with van der Waals surface area (Å²) < 4.78 is 1.89. The van der Waals surface area contributed by atoms with Crippen molar-refractivity contribution in [1.29, 1.82) is 0 Å². The van der Waals surface area contributed by atoms with Crippen LogP contribution in [-0.4, -0.2) is 50.0 Å². The maximum atomic E-state index is 13.2. The lowest BCUT2D eigenvalue weighted by molar-refractivity contribution is -0.384. The van der Waals surface area contributed by atoms with Crippen molar-refractivity contribution < 1.29 is 9.72 Å². The molecule has 0 saturated heterocycles. The highest BCUT2D eigenvalue weighted by atomic mass is 32.1. The van der Waals surface area contributed by atoms with E-state index in [1.54, 1.807) is 24.7 Å². The monoisotopic (exact) mass is 522 g/mol. The van der Waals surface area contributed by atoms with Gasteiger partial charge in [0.2, 0.25) is 5.91 Å². The number of aromatic nitrogens is 2. The Balaban J connectivity index is 1.68. The number of nitrogens with one attached hydrogen (secondary N) is 2. The van der Waals surface area contributed by atoms with E-state index in [9.17, 15) is 14.9 Å². The van der Waals surface area contributed by atoms with Crippen molar-refractivity contribution in [2.75, 3.05) is 13.6 Å². The van der Waals surface area contributed by atoms with Gasteiger partial charge in [-0.3, -0.25) is 14.9 Å². The molecular formula is C27H34N6O3S. The summed E-state index contributed by atoms with van der Waals surface area (Å²) >= 11 is 5.58. The standard InChI is InChI=1S/C27H34N6O3S/c1-4-20(2)25(18-31(27(37)28-3)16-21-8-6-5-7-9-21)30-26(34)14-24-15-29-19-32(24)17-22-10-12-23(13-11-22)33(35)36/h5-13,15,19-20,25H,4,14,16-18H2,1-3H3,(H,28,37)(H,30,34)/t20-,25+/m0/s1. The van der Waals surface area contributed by atoms with Crippen molar-refractivity contribution in [3.8, 4) is 0 Å². The fraction of sp³-hybridized carbons (Fsp3) is 0.370. The van der Waals surface area contributed by atoms with Crippen LogP contribution < -0.4 is 10.6 Å². The zero-order chi connectivity index (χ0) is 26.8. The third-order valence-electron chi connectivity index (χ3n) is 6.45. The van der Waals surface area contributed by atoms with Crippen LogP contribution in [0, 0.1) is 16.0 Å². The van der Waals surface area contributed by atoms with E-state index >= 15 is 0 Å². The Hall–Kier alpha value is -3.79. The molecule has 0 radical (unpaired) electrons. The molecule has 2 N–H and O–H groups in total. The minimum atomic E-state index is -0.422. The van der Waals surface area contributed by atoms with E-state index in [4.69, 9.17) is 12.2 Å². The van der Waals surface area contributed by atoms with Crippen molar-refractivity contribution in [1.82, 2.24) is 25.1 Å². The number of rotatable bonds is 12. The molecule has 3 aromatic rings. The third-order valence-corrected chi connectivity index (χ3v) is 6.91. The van der Waals surface area contributed by atoms with Gasteiger partial charge in [0.15, 0.2) is 5.11 Å². The fourth-order valence-electron chi connectivity index (χ4n) is 4.05. The predicted molar refractivity (Wildman–Crippen MR) is 148 cm³/mol. The van der Waals surface area contributed by atoms with E-state index in [1.165, 1.54) is 12.1 Å². The van der Waals surface area contributed by atoms with Gasteiger partial charge in [-0.05, 0) is 29.3 Å². The summed E-state index contributed by atoms with van der Waals surface area (Å²) in [6.07, 6.45) is 4.44. The first-order valence-electron chi connectivity index (χ1n) is 12.3. The summed E-state index contributed by atoms with van der Waals surface area (Å²) in [5.41, 5.74) is 2.85. The molecule has 0 bridgehead atoms. The van der Waals surface area contributed by atoms with Gasteiger partial charge < -0.3 is 20.1 Å². The lowest BCUT2D eigenvalue weighted by Gasteiger charge is -2.33. The molecular weight excluding hydrogens is 488 g/mol. The first kappa shape index (κ1) is 27.8. The van der Waals surface area contributed by atoms with Gasteiger partial charge in [-0.25, -0.2) is 4.98 Å². The maximum absolute atomic E-state index is 13.2. The summed E-state index contributed by atoms with van der Waals surface area (Å²) in [6, 6.07) is 16.4. The first-order chi connectivity index (χ1) is 17.8. The summed E-state index contributed by atoms with van der Waals surface area (Å²) in [5, 5.41) is 17.8. The van der Waals surface area contributed by atoms with Gasteiger partial charge in [-0.15, -0.1) is 0 Å². The van der Waals surface area contributed by atoms with E-state index in [0.29, 0.717) is 24.7 Å². The number of benzene rings is 2. The smallest absolute Gasteiger partial charge is 0.269 e. The summed E-state index contributed by atoms with van der Waals surface area (Å²) in [7, 11) is 1.81. The van der Waals surface area contributed by atoms with Crippen LogP contribution in [0.2, 0.25) is 0 Å². The van der Waals surface area contributed by atoms with E-state index in [0.717, 1.165) is 23.2 Å². The maximum Gasteiger partial charge on any atom is 0.269 e. The Labute approximate surface area is 223 Å². The highest BCUT2D eigenvalue weighted by Gasteiger charge is 2.23. The minimum Gasteiger partial charge on any atom is -0.366 e. The van der Waals surface area contributed by atoms with Crippen LogP contribution in [0.4, 0.5) is 5.69 Å². The van der Waals surface area contributed by atoms with Crippen molar-refractivity contribution in [2.24, 2.45) is 5.92 Å². The number of carbonyl (C=O) groups excluding carboxylic acids is 1. The van der Waals surface area contributed by atoms with Crippen molar-refractivity contribution in [3.05, 3.63) is 94.1 Å². The molecule has 196 valence electrons. The first-order valence-corrected chi connectivity index (χ1v) is 12.7. The van der Waals surface area contributed by atoms with E-state index < -0.39 is 4.92 Å². The van der Waals surface area contributed by atoms with Gasteiger partial charge in [0.25, 0.3) is 5.69 Å². The van der Waals surface area contributed by atoms with Gasteiger partial charge in [0.05, 0.1) is 17.7 Å². The average Bonchev–Trinajstić information content (AvgIpc) is 3.33. The highest BCUT2D eigenvalue weighted by molar-refractivity contribution is 7.80. The molecule has 0 saturated carbocycles. The second kappa shape index (κ2) is 13.5. The molecule has 9 nitrogen and oxygen atoms in total. The summed E-state index contributed by atoms with van der Waals surface area (Å²) in [6.45, 7) is 5.94. The molecule has 0 unspecified atom stereocenters. The Kier molecular flexibility index (Phi) is 10.1. The molecule has 2 atom stereocenters. The van der Waals surface area contributed by atoms with E-state index in [1.807, 2.05) is 29.8 Å². The number of nitrogens with zero attached hydrogens (tertiary/aromatic N) is 4. The quantitative estimate of drug-likeness (QED) is 0.211. The third kappa shape index (κ3) is 8.11. The summed E-state index contributed by atoms with van der Waals surface area (Å²) in [5.74, 6) is 0.151. The number of amides is 1. The molecule has 0 aliphatic rings. The van der Waals surface area contributed by atoms with E-state index in [2.05, 4.69) is 46.5 Å². The van der Waals surface area contributed by atoms with Crippen molar-refractivity contribution in [2.45, 2.75) is 45.8 Å². The molecule has 0 aliphatic heterocycles. The number of carbonyl (C=O) groups is 1. The number of hydrogen-bond acceptors (Lipinski definition) is 5. The molecule has 0 fully saturated rings. The number of nitro groups is 1.